The molecule has 1 heterocycles. The first-order valence-electron chi connectivity index (χ1n) is 5.71. The minimum absolute atomic E-state index is 0.303. The number of hydrogen-bond donors (Lipinski definition) is 1. The summed E-state index contributed by atoms with van der Waals surface area (Å²) in [6.45, 7) is 3.74. The van der Waals surface area contributed by atoms with Gasteiger partial charge in [-0.1, -0.05) is 0 Å². The van der Waals surface area contributed by atoms with Crippen LogP contribution in [-0.2, 0) is 9.53 Å². The lowest BCUT2D eigenvalue weighted by atomic mass is 10.2. The SMILES string of the molecule is CCOC(=O)C(C)n1c(=S)[nH]c2cc(F)c(Br)cc21. The van der Waals surface area contributed by atoms with Crippen LogP contribution < -0.4 is 0 Å². The summed E-state index contributed by atoms with van der Waals surface area (Å²) in [6.07, 6.45) is 0. The molecule has 0 saturated carbocycles. The normalized spacial score (nSPS) is 12.6. The quantitative estimate of drug-likeness (QED) is 0.680. The topological polar surface area (TPSA) is 47.0 Å². The van der Waals surface area contributed by atoms with Crippen molar-refractivity contribution in [2.75, 3.05) is 6.61 Å². The van der Waals surface area contributed by atoms with Crippen molar-refractivity contribution in [3.8, 4) is 0 Å². The van der Waals surface area contributed by atoms with Crippen molar-refractivity contribution in [1.29, 1.82) is 0 Å². The van der Waals surface area contributed by atoms with Gasteiger partial charge in [-0.2, -0.15) is 0 Å². The number of nitrogens with one attached hydrogen (secondary N) is 1. The van der Waals surface area contributed by atoms with Crippen LogP contribution in [0, 0.1) is 10.6 Å². The number of benzene rings is 1. The van der Waals surface area contributed by atoms with E-state index in [1.807, 2.05) is 0 Å². The van der Waals surface area contributed by atoms with Gasteiger partial charge in [-0.05, 0) is 48.1 Å². The summed E-state index contributed by atoms with van der Waals surface area (Å²) in [5.41, 5.74) is 1.20. The number of carbonyl (C=O) groups is 1. The molecule has 0 bridgehead atoms. The minimum Gasteiger partial charge on any atom is -0.464 e. The number of nitrogens with zero attached hydrogens (tertiary/aromatic N) is 1. The number of halogens is 2. The van der Waals surface area contributed by atoms with Gasteiger partial charge in [0, 0.05) is 6.07 Å². The van der Waals surface area contributed by atoms with Crippen LogP contribution in [0.25, 0.3) is 11.0 Å². The van der Waals surface area contributed by atoms with Crippen molar-refractivity contribution in [3.05, 3.63) is 27.2 Å². The highest BCUT2D eigenvalue weighted by Crippen LogP contribution is 2.26. The zero-order valence-corrected chi connectivity index (χ0v) is 12.8. The van der Waals surface area contributed by atoms with E-state index in [1.54, 1.807) is 24.5 Å². The van der Waals surface area contributed by atoms with Gasteiger partial charge in [-0.15, -0.1) is 0 Å². The molecule has 1 aromatic carbocycles. The maximum absolute atomic E-state index is 13.5. The Morgan fingerprint density at radius 3 is 2.95 bits per heavy atom. The molecule has 2 aromatic rings. The second-order valence-corrected chi connectivity index (χ2v) is 5.25. The Morgan fingerprint density at radius 2 is 2.32 bits per heavy atom. The number of rotatable bonds is 3. The second kappa shape index (κ2) is 5.42. The van der Waals surface area contributed by atoms with Crippen LogP contribution in [-0.4, -0.2) is 22.1 Å². The lowest BCUT2D eigenvalue weighted by Gasteiger charge is -2.13. The lowest BCUT2D eigenvalue weighted by molar-refractivity contribution is -0.146. The summed E-state index contributed by atoms with van der Waals surface area (Å²) in [7, 11) is 0. The summed E-state index contributed by atoms with van der Waals surface area (Å²) < 4.78 is 20.7. The third-order valence-corrected chi connectivity index (χ3v) is 3.68. The number of aromatic nitrogens is 2. The molecule has 1 unspecified atom stereocenters. The molecule has 102 valence electrons. The van der Waals surface area contributed by atoms with Gasteiger partial charge in [0.1, 0.15) is 11.9 Å². The van der Waals surface area contributed by atoms with Crippen molar-refractivity contribution < 1.29 is 13.9 Å². The number of fused-ring (bicyclic) bond motifs is 1. The molecule has 0 aliphatic rings. The van der Waals surface area contributed by atoms with Crippen molar-refractivity contribution in [3.63, 3.8) is 0 Å². The molecule has 0 fully saturated rings. The Labute approximate surface area is 122 Å². The predicted octanol–water partition coefficient (Wildman–Crippen LogP) is 3.72. The van der Waals surface area contributed by atoms with Gasteiger partial charge < -0.3 is 14.3 Å². The zero-order chi connectivity index (χ0) is 14.2. The molecule has 4 nitrogen and oxygen atoms in total. The number of ether oxygens (including phenoxy) is 1. The highest BCUT2D eigenvalue weighted by atomic mass is 79.9. The molecule has 0 radical (unpaired) electrons. The second-order valence-electron chi connectivity index (χ2n) is 4.01. The highest BCUT2D eigenvalue weighted by Gasteiger charge is 2.20. The van der Waals surface area contributed by atoms with E-state index in [1.165, 1.54) is 6.07 Å². The first kappa shape index (κ1) is 14.2. The van der Waals surface area contributed by atoms with Gasteiger partial charge in [0.25, 0.3) is 0 Å². The summed E-state index contributed by atoms with van der Waals surface area (Å²) in [5, 5.41) is 0. The molecular weight excluding hydrogens is 335 g/mol. The minimum atomic E-state index is -0.571. The molecule has 0 amide bonds. The fraction of sp³-hybridized carbons (Fsp3) is 0.333. The first-order valence-corrected chi connectivity index (χ1v) is 6.91. The molecule has 1 atom stereocenters. The van der Waals surface area contributed by atoms with Crippen molar-refractivity contribution in [2.45, 2.75) is 19.9 Å². The smallest absolute Gasteiger partial charge is 0.328 e. The van der Waals surface area contributed by atoms with Crippen LogP contribution >= 0.6 is 28.1 Å². The predicted molar refractivity (Wildman–Crippen MR) is 76.1 cm³/mol. The summed E-state index contributed by atoms with van der Waals surface area (Å²) in [5.74, 6) is -0.764. The van der Waals surface area contributed by atoms with E-state index in [-0.39, 0.29) is 11.8 Å². The Bertz CT molecular complexity index is 695. The van der Waals surface area contributed by atoms with Gasteiger partial charge in [-0.3, -0.25) is 0 Å². The molecule has 0 spiro atoms. The first-order chi connectivity index (χ1) is 8.95. The maximum Gasteiger partial charge on any atom is 0.328 e. The van der Waals surface area contributed by atoms with Gasteiger partial charge in [0.15, 0.2) is 4.77 Å². The van der Waals surface area contributed by atoms with Crippen molar-refractivity contribution in [2.24, 2.45) is 0 Å². The Balaban J connectivity index is 2.60. The molecular formula is C12H12BrFN2O2S. The van der Waals surface area contributed by atoms with Gasteiger partial charge in [0.2, 0.25) is 0 Å². The Hall–Kier alpha value is -1.21. The van der Waals surface area contributed by atoms with Crippen molar-refractivity contribution in [1.82, 2.24) is 9.55 Å². The van der Waals surface area contributed by atoms with Crippen LogP contribution in [0.1, 0.15) is 19.9 Å². The van der Waals surface area contributed by atoms with Gasteiger partial charge >= 0.3 is 5.97 Å². The lowest BCUT2D eigenvalue weighted by Crippen LogP contribution is -2.19. The molecule has 7 heteroatoms. The number of aromatic amines is 1. The molecule has 0 aliphatic heterocycles. The number of carbonyl (C=O) groups excluding carboxylic acids is 1. The number of imidazole rings is 1. The van der Waals surface area contributed by atoms with Crippen LogP contribution in [0.15, 0.2) is 16.6 Å². The van der Waals surface area contributed by atoms with E-state index in [2.05, 4.69) is 20.9 Å². The molecule has 0 aliphatic carbocycles. The standard InChI is InChI=1S/C12H12BrFN2O2S/c1-3-18-11(17)6(2)16-10-4-7(13)8(14)5-9(10)15-12(16)19/h4-6H,3H2,1-2H3,(H,15,19). The number of H-pyrrole nitrogens is 1. The molecule has 19 heavy (non-hydrogen) atoms. The van der Waals surface area contributed by atoms with Gasteiger partial charge in [-0.25, -0.2) is 9.18 Å². The van der Waals surface area contributed by atoms with Crippen LogP contribution in [0.4, 0.5) is 4.39 Å². The van der Waals surface area contributed by atoms with Crippen LogP contribution in [0.5, 0.6) is 0 Å². The van der Waals surface area contributed by atoms with Crippen LogP contribution in [0.2, 0.25) is 0 Å². The summed E-state index contributed by atoms with van der Waals surface area (Å²) >= 11 is 8.31. The monoisotopic (exact) mass is 346 g/mol. The molecule has 0 saturated heterocycles. The average Bonchev–Trinajstić information content (AvgIpc) is 2.65. The summed E-state index contributed by atoms with van der Waals surface area (Å²) in [4.78, 5) is 14.7. The zero-order valence-electron chi connectivity index (χ0n) is 10.4. The third kappa shape index (κ3) is 2.57. The maximum atomic E-state index is 13.5. The fourth-order valence-electron chi connectivity index (χ4n) is 1.87. The highest BCUT2D eigenvalue weighted by molar-refractivity contribution is 9.10. The Kier molecular flexibility index (Phi) is 4.05. The molecule has 1 aromatic heterocycles. The van der Waals surface area contributed by atoms with E-state index in [9.17, 15) is 9.18 Å². The molecule has 1 N–H and O–H groups in total. The van der Waals surface area contributed by atoms with Crippen LogP contribution in [0.3, 0.4) is 0 Å². The fourth-order valence-corrected chi connectivity index (χ4v) is 2.57. The van der Waals surface area contributed by atoms with E-state index >= 15 is 0 Å². The van der Waals surface area contributed by atoms with E-state index < -0.39 is 6.04 Å². The van der Waals surface area contributed by atoms with Crippen molar-refractivity contribution >= 4 is 45.2 Å². The largest absolute Gasteiger partial charge is 0.464 e. The van der Waals surface area contributed by atoms with E-state index in [0.717, 1.165) is 0 Å². The number of esters is 1. The van der Waals surface area contributed by atoms with Gasteiger partial charge in [0.05, 0.1) is 22.1 Å². The number of hydrogen-bond acceptors (Lipinski definition) is 3. The average molecular weight is 347 g/mol. The summed E-state index contributed by atoms with van der Waals surface area (Å²) in [6, 6.07) is 2.36. The Morgan fingerprint density at radius 1 is 1.63 bits per heavy atom. The van der Waals surface area contributed by atoms with E-state index in [0.29, 0.717) is 26.9 Å². The third-order valence-electron chi connectivity index (χ3n) is 2.77. The molecule has 2 rings (SSSR count). The van der Waals surface area contributed by atoms with E-state index in [4.69, 9.17) is 17.0 Å².